The van der Waals surface area contributed by atoms with Gasteiger partial charge in [0.15, 0.2) is 0 Å². The van der Waals surface area contributed by atoms with Crippen molar-refractivity contribution in [2.24, 2.45) is 22.5 Å². The number of aliphatic hydroxyl groups excluding tert-OH is 1. The van der Waals surface area contributed by atoms with E-state index in [1.54, 1.807) is 26.0 Å². The zero-order chi connectivity index (χ0) is 73.4. The van der Waals surface area contributed by atoms with Crippen molar-refractivity contribution in [3.63, 3.8) is 0 Å². The summed E-state index contributed by atoms with van der Waals surface area (Å²) in [7, 11) is 0.993. The minimum atomic E-state index is -1.91. The number of carboxylic acids is 1. The highest BCUT2D eigenvalue weighted by Gasteiger charge is 2.42. The molecule has 0 aromatic heterocycles. The second-order valence-electron chi connectivity index (χ2n) is 24.9. The Kier molecular flexibility index (Phi) is 34.7. The number of aliphatic hydroxyl groups is 1. The second kappa shape index (κ2) is 42.3. The molecule has 2 aromatic rings. The number of aliphatic carboxylic acids is 1. The standard InChI is InChI=1S/C65H95N13O20S2/c1-36(2)25-46-60(89)73-48(30-54(84)98-95-5)62(91)77-55(38(4)79)65(94)78-22-12-14-51(78)64(93)74-47(29-39-15-17-42(80)18-16-39)61(90)71-45(19-20-53(82)83)59(88)75-49(56(67)85)34-99-32-40-26-41-28-43(27-40)96-23-10-6-7-11-24-97-68-31-52(81)70-44(13-8-9-21-66)58(87)76-50(35-100-33-41)63(92)69-37(3)57(86)72-46/h15-18,26-28,31,36-38,44-51,55,79-80H,6-14,19-25,29-30,32-35,66H2,1-5H3,(H2,67,85)(H,69,92)(H,70,81)(H,71,90)(H,72,86)(H,73,89)(H,74,93)(H,75,88)(H,76,87)(H,77,91)(H,82,83)/b68-31+/t37-,38+,44-,45-,46-,47-,48-,49-,50-,51-,55-/m0/s1. The molecule has 3 heterocycles. The van der Waals surface area contributed by atoms with E-state index in [4.69, 9.17) is 21.0 Å². The Morgan fingerprint density at radius 3 is 1.95 bits per heavy atom. The van der Waals surface area contributed by atoms with Gasteiger partial charge in [0, 0.05) is 42.4 Å². The molecule has 16 N–H and O–H groups in total. The maximum Gasteiger partial charge on any atom is 0.344 e. The number of ether oxygens (including phenoxy) is 1. The first-order valence-corrected chi connectivity index (χ1v) is 35.5. The molecule has 4 bridgehead atoms. The summed E-state index contributed by atoms with van der Waals surface area (Å²) in [4.78, 5) is 197. The highest BCUT2D eigenvalue weighted by molar-refractivity contribution is 7.98. The van der Waals surface area contributed by atoms with Crippen LogP contribution in [0, 0.1) is 5.92 Å². The maximum absolute atomic E-state index is 14.6. The molecule has 1 fully saturated rings. The summed E-state index contributed by atoms with van der Waals surface area (Å²) in [5.41, 5.74) is 13.4. The molecule has 1 saturated heterocycles. The van der Waals surface area contributed by atoms with E-state index in [1.807, 2.05) is 6.07 Å². The normalized spacial score (nSPS) is 25.4. The number of carboxylic acid groups (broad SMARTS) is 1. The molecule has 0 saturated carbocycles. The van der Waals surface area contributed by atoms with E-state index >= 15 is 0 Å². The predicted octanol–water partition coefficient (Wildman–Crippen LogP) is -1.16. The van der Waals surface area contributed by atoms with Crippen LogP contribution in [0.4, 0.5) is 0 Å². The Bertz CT molecular complexity index is 3180. The lowest BCUT2D eigenvalue weighted by molar-refractivity contribution is -0.255. The SMILES string of the molecule is COOC(=O)C[C@@H]1NC(=O)[C@H](CC(C)C)NC(=O)[C@H](C)NC(=O)[C@@H]2CSCc3cc(cc(c3)OCCCCCCO/N=C/C(=O)N[C@@H](CCCCN)C(=O)N2)CSC[C@@H](C(N)=O)NC(=O)[C@H](CCC(=O)O)NC(=O)[C@H](Cc2ccc(O)cc2)NC(=O)[C@@H]2CCCN2C(=O)[C@H]([C@@H](C)O)NC1=O. The molecule has 0 spiro atoms. The number of phenols is 1. The smallest absolute Gasteiger partial charge is 0.344 e. The summed E-state index contributed by atoms with van der Waals surface area (Å²) >= 11 is 2.37. The van der Waals surface area contributed by atoms with Crippen LogP contribution in [0.1, 0.15) is 128 Å². The van der Waals surface area contributed by atoms with E-state index in [1.165, 1.54) is 54.7 Å². The zero-order valence-corrected chi connectivity index (χ0v) is 58.4. The number of hydrogen-bond donors (Lipinski definition) is 14. The van der Waals surface area contributed by atoms with Crippen molar-refractivity contribution in [3.8, 4) is 11.5 Å². The van der Waals surface area contributed by atoms with Crippen molar-refractivity contribution in [3.05, 3.63) is 59.2 Å². The fourth-order valence-corrected chi connectivity index (χ4v) is 12.8. The molecule has 11 atom stereocenters. The Hall–Kier alpha value is -8.80. The van der Waals surface area contributed by atoms with Crippen LogP contribution in [0.25, 0.3) is 0 Å². The summed E-state index contributed by atoms with van der Waals surface area (Å²) < 4.78 is 6.25. The van der Waals surface area contributed by atoms with Gasteiger partial charge in [-0.05, 0) is 138 Å². The lowest BCUT2D eigenvalue weighted by atomic mass is 10.0. The Balaban J connectivity index is 1.60. The Morgan fingerprint density at radius 1 is 0.690 bits per heavy atom. The number of nitrogens with two attached hydrogens (primary N) is 2. The van der Waals surface area contributed by atoms with Crippen LogP contribution in [0.3, 0.4) is 0 Å². The van der Waals surface area contributed by atoms with Gasteiger partial charge in [0.05, 0.1) is 26.2 Å². The minimum absolute atomic E-state index is 0.0182. The van der Waals surface area contributed by atoms with E-state index in [9.17, 15) is 77.6 Å². The number of carbonyl (C=O) groups is 13. The predicted molar refractivity (Wildman–Crippen MR) is 365 cm³/mol. The number of phenolic OH excluding ortho intramolecular Hbond substituents is 1. The van der Waals surface area contributed by atoms with Crippen LogP contribution in [-0.4, -0.2) is 215 Å². The molecule has 552 valence electrons. The lowest BCUT2D eigenvalue weighted by Crippen LogP contribution is -2.62. The summed E-state index contributed by atoms with van der Waals surface area (Å²) in [6.07, 6.45) is 0.478. The van der Waals surface area contributed by atoms with Crippen molar-refractivity contribution in [2.45, 2.75) is 196 Å². The van der Waals surface area contributed by atoms with Crippen LogP contribution < -0.4 is 64.1 Å². The average Bonchev–Trinajstić information content (AvgIpc) is 1.59. The van der Waals surface area contributed by atoms with Crippen LogP contribution in [0.15, 0.2) is 47.6 Å². The van der Waals surface area contributed by atoms with Crippen LogP contribution in [0.5, 0.6) is 11.5 Å². The topological polar surface area (TPSA) is 495 Å². The number of benzene rings is 2. The number of oxime groups is 1. The van der Waals surface area contributed by atoms with Crippen LogP contribution >= 0.6 is 23.5 Å². The number of hydrogen-bond acceptors (Lipinski definition) is 23. The highest BCUT2D eigenvalue weighted by Crippen LogP contribution is 2.27. The number of unbranched alkanes of at least 4 members (excludes halogenated alkanes) is 1. The molecule has 5 rings (SSSR count). The third-order valence-corrected chi connectivity index (χ3v) is 18.3. The first-order valence-electron chi connectivity index (χ1n) is 33.2. The lowest BCUT2D eigenvalue weighted by Gasteiger charge is -2.32. The van der Waals surface area contributed by atoms with Crippen molar-refractivity contribution in [1.82, 2.24) is 52.8 Å². The van der Waals surface area contributed by atoms with Crippen molar-refractivity contribution in [1.29, 1.82) is 0 Å². The molecule has 11 amide bonds. The van der Waals surface area contributed by atoms with E-state index in [2.05, 4.69) is 62.8 Å². The van der Waals surface area contributed by atoms with E-state index in [-0.39, 0.29) is 86.5 Å². The summed E-state index contributed by atoms with van der Waals surface area (Å²) in [6.45, 7) is 6.51. The number of carbonyl (C=O) groups excluding carboxylic acids is 12. The summed E-state index contributed by atoms with van der Waals surface area (Å²) in [5, 5.41) is 57.8. The highest BCUT2D eigenvalue weighted by atomic mass is 32.2. The molecule has 0 aliphatic carbocycles. The number of fused-ring (bicyclic) bond motifs is 6. The largest absolute Gasteiger partial charge is 0.508 e. The van der Waals surface area contributed by atoms with Crippen molar-refractivity contribution >= 4 is 107 Å². The first-order chi connectivity index (χ1) is 47.7. The van der Waals surface area contributed by atoms with Gasteiger partial charge < -0.3 is 89.1 Å². The first kappa shape index (κ1) is 81.9. The average molecular weight is 1440 g/mol. The molecule has 35 heteroatoms. The van der Waals surface area contributed by atoms with E-state index < -0.39 is 163 Å². The monoisotopic (exact) mass is 1440 g/mol. The van der Waals surface area contributed by atoms with Gasteiger partial charge in [0.1, 0.15) is 84.7 Å². The van der Waals surface area contributed by atoms with Crippen LogP contribution in [0.2, 0.25) is 0 Å². The Labute approximate surface area is 587 Å². The van der Waals surface area contributed by atoms with Gasteiger partial charge in [0.2, 0.25) is 59.1 Å². The van der Waals surface area contributed by atoms with Crippen molar-refractivity contribution < 1.29 is 97.0 Å². The van der Waals surface area contributed by atoms with Gasteiger partial charge in [-0.2, -0.15) is 28.4 Å². The number of primary amides is 1. The number of amides is 11. The zero-order valence-electron chi connectivity index (χ0n) is 56.8. The third kappa shape index (κ3) is 28.1. The summed E-state index contributed by atoms with van der Waals surface area (Å²) in [5.74, 6) is -13.0. The number of aromatic hydroxyl groups is 1. The van der Waals surface area contributed by atoms with Gasteiger partial charge in [-0.3, -0.25) is 62.4 Å². The summed E-state index contributed by atoms with van der Waals surface area (Å²) in [6, 6.07) is -4.43. The number of nitrogens with zero attached hydrogens (tertiary/aromatic N) is 2. The molecule has 3 aliphatic rings. The van der Waals surface area contributed by atoms with Gasteiger partial charge in [-0.15, -0.1) is 0 Å². The number of thioether (sulfide) groups is 2. The molecule has 3 aliphatic heterocycles. The third-order valence-electron chi connectivity index (χ3n) is 16.1. The van der Waals surface area contributed by atoms with Gasteiger partial charge in [-0.1, -0.05) is 37.2 Å². The van der Waals surface area contributed by atoms with Crippen molar-refractivity contribution in [2.75, 3.05) is 44.9 Å². The maximum atomic E-state index is 14.6. The van der Waals surface area contributed by atoms with Crippen LogP contribution in [-0.2, 0) is 94.9 Å². The molecule has 0 unspecified atom stereocenters. The minimum Gasteiger partial charge on any atom is -0.508 e. The molecule has 33 nitrogen and oxygen atoms in total. The van der Waals surface area contributed by atoms with E-state index in [0.29, 0.717) is 54.7 Å². The second-order valence-corrected chi connectivity index (χ2v) is 26.9. The molecular weight excluding hydrogens is 1350 g/mol. The molecule has 0 radical (unpaired) electrons. The molecule has 2 aromatic carbocycles. The molecular formula is C65H95N13O20S2. The van der Waals surface area contributed by atoms with Gasteiger partial charge >= 0.3 is 11.9 Å². The Morgan fingerprint density at radius 2 is 1.30 bits per heavy atom. The van der Waals surface area contributed by atoms with E-state index in [0.717, 1.165) is 38.0 Å². The fourth-order valence-electron chi connectivity index (χ4n) is 10.8. The quantitative estimate of drug-likeness (QED) is 0.0536. The fraction of sp³-hybridized carbons (Fsp3) is 0.600. The molecule has 100 heavy (non-hydrogen) atoms. The van der Waals surface area contributed by atoms with Gasteiger partial charge in [-0.25, -0.2) is 4.79 Å². The van der Waals surface area contributed by atoms with Gasteiger partial charge in [0.25, 0.3) is 5.91 Å². The number of rotatable bonds is 16. The number of nitrogens with one attached hydrogen (secondary N) is 9.